The van der Waals surface area contributed by atoms with Crippen LogP contribution in [-0.2, 0) is 0 Å². The van der Waals surface area contributed by atoms with Crippen molar-refractivity contribution in [3.63, 3.8) is 0 Å². The lowest BCUT2D eigenvalue weighted by Gasteiger charge is -2.38. The summed E-state index contributed by atoms with van der Waals surface area (Å²) in [6, 6.07) is 8.36. The quantitative estimate of drug-likeness (QED) is 0.700. The molecule has 1 amide bonds. The number of amides is 1. The molecule has 0 bridgehead atoms. The Labute approximate surface area is 154 Å². The van der Waals surface area contributed by atoms with Crippen molar-refractivity contribution in [3.05, 3.63) is 59.2 Å². The fourth-order valence-electron chi connectivity index (χ4n) is 2.87. The summed E-state index contributed by atoms with van der Waals surface area (Å²) in [5.74, 6) is 1.16. The van der Waals surface area contributed by atoms with Crippen molar-refractivity contribution in [2.45, 2.75) is 12.5 Å². The van der Waals surface area contributed by atoms with Crippen molar-refractivity contribution in [1.29, 1.82) is 0 Å². The Morgan fingerprint density at radius 1 is 1.38 bits per heavy atom. The first-order valence-corrected chi connectivity index (χ1v) is 8.43. The van der Waals surface area contributed by atoms with Gasteiger partial charge in [0.05, 0.1) is 12.7 Å². The van der Waals surface area contributed by atoms with Crippen molar-refractivity contribution in [1.82, 2.24) is 20.0 Å². The van der Waals surface area contributed by atoms with Gasteiger partial charge in [-0.2, -0.15) is 4.98 Å². The zero-order valence-corrected chi connectivity index (χ0v) is 14.7. The second kappa shape index (κ2) is 6.76. The van der Waals surface area contributed by atoms with Crippen LogP contribution in [0, 0.1) is 0 Å². The van der Waals surface area contributed by atoms with Gasteiger partial charge in [0, 0.05) is 29.5 Å². The Morgan fingerprint density at radius 3 is 2.96 bits per heavy atom. The van der Waals surface area contributed by atoms with E-state index in [2.05, 4.69) is 15.1 Å². The first-order chi connectivity index (χ1) is 12.7. The molecule has 132 valence electrons. The third-order valence-corrected chi connectivity index (χ3v) is 4.55. The average Bonchev–Trinajstić information content (AvgIpc) is 3.10. The summed E-state index contributed by atoms with van der Waals surface area (Å²) in [4.78, 5) is 23.0. The lowest BCUT2D eigenvalue weighted by Crippen LogP contribution is -2.45. The molecule has 0 aliphatic carbocycles. The predicted molar refractivity (Wildman–Crippen MR) is 93.9 cm³/mol. The molecule has 0 N–H and O–H groups in total. The van der Waals surface area contributed by atoms with E-state index in [1.54, 1.807) is 41.6 Å². The van der Waals surface area contributed by atoms with Crippen LogP contribution in [-0.4, -0.2) is 39.6 Å². The number of rotatable bonds is 4. The zero-order chi connectivity index (χ0) is 18.1. The van der Waals surface area contributed by atoms with E-state index < -0.39 is 0 Å². The van der Waals surface area contributed by atoms with Gasteiger partial charge in [-0.1, -0.05) is 16.8 Å². The van der Waals surface area contributed by atoms with E-state index in [1.165, 1.54) is 7.11 Å². The fraction of sp³-hybridized carbons (Fsp3) is 0.222. The molecule has 8 heteroatoms. The molecule has 1 atom stereocenters. The molecular weight excluding hydrogens is 356 g/mol. The molecule has 1 aliphatic rings. The lowest BCUT2D eigenvalue weighted by molar-refractivity contribution is 0.0375. The van der Waals surface area contributed by atoms with E-state index in [9.17, 15) is 4.79 Å². The van der Waals surface area contributed by atoms with Crippen LogP contribution in [0.3, 0.4) is 0 Å². The molecule has 1 saturated heterocycles. The van der Waals surface area contributed by atoms with Crippen LogP contribution < -0.4 is 4.74 Å². The molecule has 1 aliphatic heterocycles. The fourth-order valence-corrected chi connectivity index (χ4v) is 3.04. The van der Waals surface area contributed by atoms with Crippen molar-refractivity contribution in [2.75, 3.05) is 13.7 Å². The largest absolute Gasteiger partial charge is 0.496 e. The molecule has 0 spiro atoms. The number of hydrogen-bond donors (Lipinski definition) is 0. The predicted octanol–water partition coefficient (Wildman–Crippen LogP) is 3.38. The molecular formula is C18H15ClN4O3. The highest BCUT2D eigenvalue weighted by Gasteiger charge is 2.38. The van der Waals surface area contributed by atoms with Crippen LogP contribution in [0.5, 0.6) is 5.75 Å². The Hall–Kier alpha value is -2.93. The number of carbonyl (C=O) groups excluding carboxylic acids is 1. The van der Waals surface area contributed by atoms with Crippen LogP contribution in [0.1, 0.15) is 28.7 Å². The Balaban J connectivity index is 1.58. The molecule has 0 radical (unpaired) electrons. The standard InChI is InChI=1S/C18H15ClN4O3/c1-25-15-5-4-12(19)9-13(15)18(24)23-8-6-14(23)17-21-16(22-26-17)11-3-2-7-20-10-11/h2-5,7,9-10,14H,6,8H2,1H3/t14-/m1/s1. The number of benzene rings is 1. The van der Waals surface area contributed by atoms with Gasteiger partial charge in [0.2, 0.25) is 11.7 Å². The average molecular weight is 371 g/mol. The normalized spacial score (nSPS) is 16.2. The van der Waals surface area contributed by atoms with Crippen molar-refractivity contribution in [2.24, 2.45) is 0 Å². The van der Waals surface area contributed by atoms with Crippen molar-refractivity contribution >= 4 is 17.5 Å². The second-order valence-electron chi connectivity index (χ2n) is 5.85. The third kappa shape index (κ3) is 2.90. The molecule has 4 rings (SSSR count). The zero-order valence-electron chi connectivity index (χ0n) is 13.9. The number of methoxy groups -OCH3 is 1. The van der Waals surface area contributed by atoms with Crippen LogP contribution >= 0.6 is 11.6 Å². The van der Waals surface area contributed by atoms with E-state index in [0.717, 1.165) is 12.0 Å². The van der Waals surface area contributed by atoms with Gasteiger partial charge < -0.3 is 14.2 Å². The van der Waals surface area contributed by atoms with Gasteiger partial charge >= 0.3 is 0 Å². The summed E-state index contributed by atoms with van der Waals surface area (Å²) in [5.41, 5.74) is 1.17. The van der Waals surface area contributed by atoms with E-state index >= 15 is 0 Å². The number of carbonyl (C=O) groups is 1. The van der Waals surface area contributed by atoms with Gasteiger partial charge in [-0.15, -0.1) is 0 Å². The highest BCUT2D eigenvalue weighted by atomic mass is 35.5. The monoisotopic (exact) mass is 370 g/mol. The van der Waals surface area contributed by atoms with Crippen molar-refractivity contribution in [3.8, 4) is 17.1 Å². The number of likely N-dealkylation sites (tertiary alicyclic amines) is 1. The topological polar surface area (TPSA) is 81.4 Å². The minimum atomic E-state index is -0.260. The Morgan fingerprint density at radius 2 is 2.27 bits per heavy atom. The summed E-state index contributed by atoms with van der Waals surface area (Å²) < 4.78 is 10.7. The molecule has 1 fully saturated rings. The molecule has 3 heterocycles. The van der Waals surface area contributed by atoms with Gasteiger partial charge in [-0.3, -0.25) is 9.78 Å². The van der Waals surface area contributed by atoms with Gasteiger partial charge in [-0.05, 0) is 36.8 Å². The molecule has 26 heavy (non-hydrogen) atoms. The van der Waals surface area contributed by atoms with Gasteiger partial charge in [-0.25, -0.2) is 0 Å². The molecule has 7 nitrogen and oxygen atoms in total. The maximum atomic E-state index is 12.9. The summed E-state index contributed by atoms with van der Waals surface area (Å²) in [7, 11) is 1.52. The minimum Gasteiger partial charge on any atom is -0.496 e. The number of pyridine rings is 1. The summed E-state index contributed by atoms with van der Waals surface area (Å²) in [6.45, 7) is 0.601. The number of nitrogens with zero attached hydrogens (tertiary/aromatic N) is 4. The van der Waals surface area contributed by atoms with Crippen LogP contribution in [0.15, 0.2) is 47.2 Å². The summed E-state index contributed by atoms with van der Waals surface area (Å²) >= 11 is 6.04. The molecule has 1 aromatic carbocycles. The highest BCUT2D eigenvalue weighted by Crippen LogP contribution is 2.36. The minimum absolute atomic E-state index is 0.179. The molecule has 3 aromatic rings. The van der Waals surface area contributed by atoms with Crippen LogP contribution in [0.25, 0.3) is 11.4 Å². The lowest BCUT2D eigenvalue weighted by atomic mass is 10.0. The van der Waals surface area contributed by atoms with Crippen LogP contribution in [0.4, 0.5) is 0 Å². The van der Waals surface area contributed by atoms with E-state index in [0.29, 0.717) is 34.6 Å². The molecule has 0 saturated carbocycles. The molecule has 0 unspecified atom stereocenters. The maximum Gasteiger partial charge on any atom is 0.258 e. The first-order valence-electron chi connectivity index (χ1n) is 8.06. The number of hydrogen-bond acceptors (Lipinski definition) is 6. The molecule has 2 aromatic heterocycles. The smallest absolute Gasteiger partial charge is 0.258 e. The maximum absolute atomic E-state index is 12.9. The second-order valence-corrected chi connectivity index (χ2v) is 6.28. The summed E-state index contributed by atoms with van der Waals surface area (Å²) in [5, 5.41) is 4.47. The van der Waals surface area contributed by atoms with Crippen LogP contribution in [0.2, 0.25) is 5.02 Å². The third-order valence-electron chi connectivity index (χ3n) is 4.32. The summed E-state index contributed by atoms with van der Waals surface area (Å²) in [6.07, 6.45) is 4.09. The van der Waals surface area contributed by atoms with Gasteiger partial charge in [0.1, 0.15) is 11.8 Å². The van der Waals surface area contributed by atoms with Gasteiger partial charge in [0.25, 0.3) is 5.91 Å². The van der Waals surface area contributed by atoms with E-state index in [-0.39, 0.29) is 11.9 Å². The number of halogens is 1. The van der Waals surface area contributed by atoms with Gasteiger partial charge in [0.15, 0.2) is 0 Å². The number of ether oxygens (including phenoxy) is 1. The highest BCUT2D eigenvalue weighted by molar-refractivity contribution is 6.31. The number of aromatic nitrogens is 3. The first kappa shape index (κ1) is 16.5. The SMILES string of the molecule is COc1ccc(Cl)cc1C(=O)N1CC[C@@H]1c1nc(-c2cccnc2)no1. The van der Waals surface area contributed by atoms with Crippen molar-refractivity contribution < 1.29 is 14.1 Å². The van der Waals surface area contributed by atoms with E-state index in [4.69, 9.17) is 20.9 Å². The Bertz CT molecular complexity index is 945. The Kier molecular flexibility index (Phi) is 4.30. The van der Waals surface area contributed by atoms with E-state index in [1.807, 2.05) is 6.07 Å².